The maximum Gasteiger partial charge on any atom is 0.338 e. The van der Waals surface area contributed by atoms with Gasteiger partial charge in [-0.3, -0.25) is 0 Å². The number of carbonyl (C=O) groups is 1. The molecule has 0 heterocycles. The standard InChI is InChI=1S/C14H16Cl2O4S/c1-9-3-2-4-12(5-9)20-14(17)10-6-11(15)8-13(7-10)21(16,18)19/h6-9,12H,2-5H2,1H3. The highest BCUT2D eigenvalue weighted by Gasteiger charge is 2.24. The number of carbonyl (C=O) groups excluding carboxylic acids is 1. The second-order valence-electron chi connectivity index (χ2n) is 5.41. The van der Waals surface area contributed by atoms with Crippen molar-refractivity contribution in [3.05, 3.63) is 28.8 Å². The van der Waals surface area contributed by atoms with Gasteiger partial charge in [0.2, 0.25) is 0 Å². The number of ether oxygens (including phenoxy) is 1. The Kier molecular flexibility index (Phi) is 5.17. The maximum absolute atomic E-state index is 12.1. The molecule has 2 unspecified atom stereocenters. The van der Waals surface area contributed by atoms with Gasteiger partial charge in [-0.05, 0) is 43.4 Å². The van der Waals surface area contributed by atoms with Crippen molar-refractivity contribution in [2.24, 2.45) is 5.92 Å². The van der Waals surface area contributed by atoms with Gasteiger partial charge >= 0.3 is 5.97 Å². The van der Waals surface area contributed by atoms with E-state index >= 15 is 0 Å². The molecular formula is C14H16Cl2O4S. The molecular weight excluding hydrogens is 335 g/mol. The highest BCUT2D eigenvalue weighted by atomic mass is 35.7. The fourth-order valence-electron chi connectivity index (χ4n) is 2.53. The van der Waals surface area contributed by atoms with Gasteiger partial charge < -0.3 is 4.74 Å². The van der Waals surface area contributed by atoms with Gasteiger partial charge in [0, 0.05) is 15.7 Å². The van der Waals surface area contributed by atoms with Crippen LogP contribution in [0.5, 0.6) is 0 Å². The van der Waals surface area contributed by atoms with E-state index in [1.807, 2.05) is 0 Å². The van der Waals surface area contributed by atoms with Gasteiger partial charge in [-0.15, -0.1) is 0 Å². The summed E-state index contributed by atoms with van der Waals surface area (Å²) in [5.74, 6) is -0.0483. The van der Waals surface area contributed by atoms with E-state index in [9.17, 15) is 13.2 Å². The quantitative estimate of drug-likeness (QED) is 0.610. The van der Waals surface area contributed by atoms with Gasteiger partial charge in [-0.2, -0.15) is 0 Å². The van der Waals surface area contributed by atoms with Crippen molar-refractivity contribution in [1.29, 1.82) is 0 Å². The van der Waals surface area contributed by atoms with Crippen molar-refractivity contribution < 1.29 is 17.9 Å². The summed E-state index contributed by atoms with van der Waals surface area (Å²) in [6.45, 7) is 2.12. The zero-order chi connectivity index (χ0) is 15.6. The number of halogens is 2. The summed E-state index contributed by atoms with van der Waals surface area (Å²) in [5, 5.41) is 0.126. The van der Waals surface area contributed by atoms with Crippen molar-refractivity contribution in [2.45, 2.75) is 43.6 Å². The molecule has 0 radical (unpaired) electrons. The number of benzene rings is 1. The molecule has 2 atom stereocenters. The molecule has 0 spiro atoms. The van der Waals surface area contributed by atoms with Gasteiger partial charge in [0.05, 0.1) is 10.5 Å². The largest absolute Gasteiger partial charge is 0.459 e. The molecule has 1 aliphatic rings. The number of hydrogen-bond acceptors (Lipinski definition) is 4. The summed E-state index contributed by atoms with van der Waals surface area (Å²) in [6.07, 6.45) is 3.69. The molecule has 7 heteroatoms. The molecule has 1 aromatic rings. The minimum atomic E-state index is -3.94. The van der Waals surface area contributed by atoms with Crippen LogP contribution in [0.4, 0.5) is 0 Å². The van der Waals surface area contributed by atoms with E-state index in [-0.39, 0.29) is 21.6 Å². The second kappa shape index (κ2) is 6.55. The van der Waals surface area contributed by atoms with Gasteiger partial charge in [-0.25, -0.2) is 13.2 Å². The summed E-state index contributed by atoms with van der Waals surface area (Å²) < 4.78 is 28.1. The normalized spacial score (nSPS) is 22.8. The van der Waals surface area contributed by atoms with Crippen LogP contribution in [0.1, 0.15) is 43.0 Å². The van der Waals surface area contributed by atoms with Crippen LogP contribution in [0.25, 0.3) is 0 Å². The van der Waals surface area contributed by atoms with Crippen LogP contribution < -0.4 is 0 Å². The summed E-state index contributed by atoms with van der Waals surface area (Å²) in [7, 11) is 1.34. The molecule has 0 aromatic heterocycles. The first-order valence-corrected chi connectivity index (χ1v) is 9.40. The van der Waals surface area contributed by atoms with Crippen molar-refractivity contribution in [3.8, 4) is 0 Å². The maximum atomic E-state index is 12.1. The van der Waals surface area contributed by atoms with Crippen LogP contribution in [0, 0.1) is 5.92 Å². The van der Waals surface area contributed by atoms with Crippen LogP contribution >= 0.6 is 22.3 Å². The minimum Gasteiger partial charge on any atom is -0.459 e. The first-order chi connectivity index (χ1) is 9.75. The minimum absolute atomic E-state index is 0.0972. The van der Waals surface area contributed by atoms with E-state index in [1.165, 1.54) is 18.2 Å². The zero-order valence-electron chi connectivity index (χ0n) is 11.5. The average Bonchev–Trinajstić information content (AvgIpc) is 2.37. The second-order valence-corrected chi connectivity index (χ2v) is 8.41. The third-order valence-electron chi connectivity index (χ3n) is 3.55. The van der Waals surface area contributed by atoms with Crippen LogP contribution in [0.2, 0.25) is 5.02 Å². The Bertz CT molecular complexity index is 642. The lowest BCUT2D eigenvalue weighted by Gasteiger charge is -2.26. The Morgan fingerprint density at radius 3 is 2.62 bits per heavy atom. The van der Waals surface area contributed by atoms with Crippen LogP contribution in [-0.4, -0.2) is 20.5 Å². The Labute approximate surface area is 133 Å². The van der Waals surface area contributed by atoms with Crippen molar-refractivity contribution >= 4 is 37.3 Å². The van der Waals surface area contributed by atoms with Gasteiger partial charge in [0.25, 0.3) is 9.05 Å². The van der Waals surface area contributed by atoms with Crippen molar-refractivity contribution in [2.75, 3.05) is 0 Å². The summed E-state index contributed by atoms with van der Waals surface area (Å²) >= 11 is 5.84. The summed E-state index contributed by atoms with van der Waals surface area (Å²) in [4.78, 5) is 11.9. The summed E-state index contributed by atoms with van der Waals surface area (Å²) in [6, 6.07) is 3.76. The topological polar surface area (TPSA) is 60.4 Å². The Hall–Kier alpha value is -0.780. The molecule has 0 aliphatic heterocycles. The number of rotatable bonds is 3. The van der Waals surface area contributed by atoms with Crippen molar-refractivity contribution in [3.63, 3.8) is 0 Å². The first-order valence-electron chi connectivity index (χ1n) is 6.72. The molecule has 21 heavy (non-hydrogen) atoms. The summed E-state index contributed by atoms with van der Waals surface area (Å²) in [5.41, 5.74) is 0.0972. The lowest BCUT2D eigenvalue weighted by Crippen LogP contribution is -2.24. The van der Waals surface area contributed by atoms with E-state index in [0.29, 0.717) is 5.92 Å². The van der Waals surface area contributed by atoms with E-state index in [4.69, 9.17) is 27.0 Å². The van der Waals surface area contributed by atoms with E-state index < -0.39 is 15.0 Å². The van der Waals surface area contributed by atoms with Crippen molar-refractivity contribution in [1.82, 2.24) is 0 Å². The molecule has 0 saturated heterocycles. The molecule has 2 rings (SSSR count). The van der Waals surface area contributed by atoms with Crippen LogP contribution in [-0.2, 0) is 13.8 Å². The molecule has 116 valence electrons. The molecule has 0 amide bonds. The number of hydrogen-bond donors (Lipinski definition) is 0. The first kappa shape index (κ1) is 16.6. The molecule has 0 N–H and O–H groups in total. The van der Waals surface area contributed by atoms with E-state index in [0.717, 1.165) is 25.7 Å². The Balaban J connectivity index is 2.17. The lowest BCUT2D eigenvalue weighted by atomic mass is 9.89. The average molecular weight is 351 g/mol. The van der Waals surface area contributed by atoms with Crippen LogP contribution in [0.3, 0.4) is 0 Å². The van der Waals surface area contributed by atoms with Gasteiger partial charge in [0.1, 0.15) is 6.10 Å². The molecule has 4 nitrogen and oxygen atoms in total. The van der Waals surface area contributed by atoms with E-state index in [1.54, 1.807) is 0 Å². The molecule has 1 fully saturated rings. The lowest BCUT2D eigenvalue weighted by molar-refractivity contribution is 0.0155. The number of esters is 1. The molecule has 1 saturated carbocycles. The fraction of sp³-hybridized carbons (Fsp3) is 0.500. The predicted molar refractivity (Wildman–Crippen MR) is 81.3 cm³/mol. The third kappa shape index (κ3) is 4.59. The van der Waals surface area contributed by atoms with Crippen LogP contribution in [0.15, 0.2) is 23.1 Å². The smallest absolute Gasteiger partial charge is 0.338 e. The highest BCUT2D eigenvalue weighted by Crippen LogP contribution is 2.27. The zero-order valence-corrected chi connectivity index (χ0v) is 13.8. The SMILES string of the molecule is CC1CCCC(OC(=O)c2cc(Cl)cc(S(=O)(=O)Cl)c2)C1. The van der Waals surface area contributed by atoms with Gasteiger partial charge in [-0.1, -0.05) is 24.9 Å². The Morgan fingerprint density at radius 2 is 2.00 bits per heavy atom. The van der Waals surface area contributed by atoms with E-state index in [2.05, 4.69) is 6.92 Å². The Morgan fingerprint density at radius 1 is 1.29 bits per heavy atom. The molecule has 0 bridgehead atoms. The molecule has 1 aliphatic carbocycles. The highest BCUT2D eigenvalue weighted by molar-refractivity contribution is 8.13. The monoisotopic (exact) mass is 350 g/mol. The molecule has 1 aromatic carbocycles. The predicted octanol–water partition coefficient (Wildman–Crippen LogP) is 4.00. The van der Waals surface area contributed by atoms with Gasteiger partial charge in [0.15, 0.2) is 0 Å². The third-order valence-corrected chi connectivity index (χ3v) is 5.10. The fourth-order valence-corrected chi connectivity index (χ4v) is 3.63.